The van der Waals surface area contributed by atoms with Gasteiger partial charge in [0.25, 0.3) is 5.56 Å². The molecule has 4 aromatic heterocycles. The van der Waals surface area contributed by atoms with Crippen LogP contribution in [0.4, 0.5) is 35.1 Å². The van der Waals surface area contributed by atoms with E-state index in [0.29, 0.717) is 10.9 Å². The lowest BCUT2D eigenvalue weighted by Crippen LogP contribution is -2.36. The maximum absolute atomic E-state index is 13.1. The number of hydrogen-bond acceptors (Lipinski definition) is 11. The Balaban J connectivity index is 0.000000270. The third kappa shape index (κ3) is 9.76. The summed E-state index contributed by atoms with van der Waals surface area (Å²) < 4.78 is 154. The first-order valence-corrected chi connectivity index (χ1v) is 17.3. The Morgan fingerprint density at radius 3 is 1.70 bits per heavy atom. The van der Waals surface area contributed by atoms with E-state index < -0.39 is 69.0 Å². The SMILES string of the molecule is CCS(=O)(=O)c1cccnc1-c1cc(=O)n(CC(F)(F)C(F)F)cn1.CCS(=O)(=O)c1cccnc1-c1cc(OCC(F)(F)C(F)F)ncn1. The lowest BCUT2D eigenvalue weighted by Gasteiger charge is -2.16. The molecule has 0 saturated heterocycles. The summed E-state index contributed by atoms with van der Waals surface area (Å²) in [4.78, 5) is 30.6. The van der Waals surface area contributed by atoms with Crippen molar-refractivity contribution in [3.05, 3.63) is 71.8 Å². The molecule has 12 nitrogen and oxygen atoms in total. The van der Waals surface area contributed by atoms with Crippen molar-refractivity contribution < 1.29 is 56.7 Å². The summed E-state index contributed by atoms with van der Waals surface area (Å²) in [7, 11) is -7.29. The van der Waals surface area contributed by atoms with E-state index in [0.717, 1.165) is 18.5 Å². The molecule has 0 saturated carbocycles. The maximum Gasteiger partial charge on any atom is 0.340 e. The van der Waals surface area contributed by atoms with Crippen LogP contribution in [0.15, 0.2) is 76.0 Å². The summed E-state index contributed by atoms with van der Waals surface area (Å²) in [5, 5.41) is 0. The molecular weight excluding hydrogens is 732 g/mol. The predicted octanol–water partition coefficient (Wildman–Crippen LogP) is 4.61. The highest BCUT2D eigenvalue weighted by atomic mass is 32.2. The third-order valence-corrected chi connectivity index (χ3v) is 9.93. The highest BCUT2D eigenvalue weighted by molar-refractivity contribution is 7.91. The number of pyridine rings is 2. The van der Waals surface area contributed by atoms with Crippen molar-refractivity contribution in [2.75, 3.05) is 18.1 Å². The van der Waals surface area contributed by atoms with Gasteiger partial charge >= 0.3 is 24.7 Å². The Kier molecular flexibility index (Phi) is 12.7. The molecular formula is C28H26F8N6O6S2. The molecule has 0 aromatic carbocycles. The Morgan fingerprint density at radius 2 is 1.24 bits per heavy atom. The van der Waals surface area contributed by atoms with Gasteiger partial charge in [0.1, 0.15) is 17.7 Å². The first kappa shape index (κ1) is 39.8. The zero-order chi connectivity index (χ0) is 37.5. The monoisotopic (exact) mass is 758 g/mol. The smallest absolute Gasteiger partial charge is 0.340 e. The minimum Gasteiger partial charge on any atom is -0.471 e. The summed E-state index contributed by atoms with van der Waals surface area (Å²) in [5.41, 5.74) is -1.32. The predicted molar refractivity (Wildman–Crippen MR) is 160 cm³/mol. The normalized spacial score (nSPS) is 12.5. The molecule has 0 aliphatic rings. The van der Waals surface area contributed by atoms with E-state index in [4.69, 9.17) is 0 Å². The average Bonchev–Trinajstić information content (AvgIpc) is 3.08. The van der Waals surface area contributed by atoms with Crippen LogP contribution in [-0.4, -0.2) is 89.1 Å². The largest absolute Gasteiger partial charge is 0.471 e. The van der Waals surface area contributed by atoms with Crippen LogP contribution in [0.25, 0.3) is 22.8 Å². The molecule has 272 valence electrons. The van der Waals surface area contributed by atoms with Crippen LogP contribution in [0.2, 0.25) is 0 Å². The zero-order valence-electron chi connectivity index (χ0n) is 25.7. The van der Waals surface area contributed by atoms with Gasteiger partial charge in [0.05, 0.1) is 45.6 Å². The number of sulfone groups is 2. The maximum atomic E-state index is 13.1. The van der Waals surface area contributed by atoms with Gasteiger partial charge in [0.15, 0.2) is 26.3 Å². The quantitative estimate of drug-likeness (QED) is 0.175. The second-order valence-corrected chi connectivity index (χ2v) is 14.4. The van der Waals surface area contributed by atoms with E-state index in [2.05, 4.69) is 29.7 Å². The molecule has 4 aromatic rings. The van der Waals surface area contributed by atoms with E-state index in [1.165, 1.54) is 50.5 Å². The Labute approximate surface area is 279 Å². The Morgan fingerprint density at radius 1 is 0.740 bits per heavy atom. The van der Waals surface area contributed by atoms with Crippen molar-refractivity contribution in [1.82, 2.24) is 29.5 Å². The molecule has 50 heavy (non-hydrogen) atoms. The first-order chi connectivity index (χ1) is 23.3. The fourth-order valence-electron chi connectivity index (χ4n) is 3.73. The topological polar surface area (TPSA) is 164 Å². The average molecular weight is 759 g/mol. The van der Waals surface area contributed by atoms with Crippen molar-refractivity contribution in [1.29, 1.82) is 0 Å². The zero-order valence-corrected chi connectivity index (χ0v) is 27.4. The Hall–Kier alpha value is -4.60. The molecule has 4 heterocycles. The van der Waals surface area contributed by atoms with Gasteiger partial charge < -0.3 is 4.74 Å². The van der Waals surface area contributed by atoms with Crippen molar-refractivity contribution in [2.45, 2.75) is 54.9 Å². The van der Waals surface area contributed by atoms with E-state index in [-0.39, 0.29) is 44.1 Å². The number of rotatable bonds is 13. The number of nitrogens with zero attached hydrogens (tertiary/aromatic N) is 6. The van der Waals surface area contributed by atoms with Gasteiger partial charge in [-0.1, -0.05) is 13.8 Å². The molecule has 0 radical (unpaired) electrons. The van der Waals surface area contributed by atoms with E-state index in [9.17, 15) is 56.8 Å². The van der Waals surface area contributed by atoms with Crippen molar-refractivity contribution >= 4 is 19.7 Å². The van der Waals surface area contributed by atoms with Gasteiger partial charge in [-0.25, -0.2) is 49.3 Å². The van der Waals surface area contributed by atoms with Crippen LogP contribution in [0.3, 0.4) is 0 Å². The van der Waals surface area contributed by atoms with E-state index >= 15 is 0 Å². The molecule has 0 unspecified atom stereocenters. The number of halogens is 8. The minimum absolute atomic E-state index is 0.00186. The molecule has 0 N–H and O–H groups in total. The first-order valence-electron chi connectivity index (χ1n) is 13.9. The van der Waals surface area contributed by atoms with Crippen LogP contribution in [-0.2, 0) is 26.2 Å². The van der Waals surface area contributed by atoms with E-state index in [1.807, 2.05) is 0 Å². The van der Waals surface area contributed by atoms with Gasteiger partial charge in [0.2, 0.25) is 5.88 Å². The van der Waals surface area contributed by atoms with Crippen molar-refractivity contribution in [3.63, 3.8) is 0 Å². The summed E-state index contributed by atoms with van der Waals surface area (Å²) >= 11 is 0. The molecule has 0 spiro atoms. The highest BCUT2D eigenvalue weighted by Crippen LogP contribution is 2.28. The highest BCUT2D eigenvalue weighted by Gasteiger charge is 2.42. The van der Waals surface area contributed by atoms with Crippen LogP contribution in [0, 0.1) is 0 Å². The van der Waals surface area contributed by atoms with Crippen molar-refractivity contribution in [2.24, 2.45) is 0 Å². The third-order valence-electron chi connectivity index (χ3n) is 6.41. The van der Waals surface area contributed by atoms with Crippen LogP contribution >= 0.6 is 0 Å². The summed E-state index contributed by atoms with van der Waals surface area (Å²) in [6, 6.07) is 7.25. The van der Waals surface area contributed by atoms with Gasteiger partial charge in [-0.15, -0.1) is 0 Å². The molecule has 4 rings (SSSR count). The second kappa shape index (κ2) is 16.0. The van der Waals surface area contributed by atoms with Gasteiger partial charge in [-0.2, -0.15) is 17.6 Å². The minimum atomic E-state index is -4.39. The standard InChI is InChI=1S/2C14H13F4N3O3S/c1-2-25(22,23)10-4-3-5-19-12(10)9-6-11(21-8-20-9)24-7-14(17,18)13(15)16;1-2-25(23,24)10-4-3-5-19-12(10)9-6-11(22)21(8-20-9)7-14(17,18)13(15)16/h2*3-6,8,13H,2,7H2,1H3. The van der Waals surface area contributed by atoms with Crippen molar-refractivity contribution in [3.8, 4) is 28.7 Å². The summed E-state index contributed by atoms with van der Waals surface area (Å²) in [6.07, 6.45) is -3.62. The fourth-order valence-corrected chi connectivity index (χ4v) is 5.83. The summed E-state index contributed by atoms with van der Waals surface area (Å²) in [5.74, 6) is -9.54. The van der Waals surface area contributed by atoms with Gasteiger partial charge in [0, 0.05) is 24.5 Å². The Bertz CT molecular complexity index is 2070. The van der Waals surface area contributed by atoms with Gasteiger partial charge in [-0.05, 0) is 24.3 Å². The lowest BCUT2D eigenvalue weighted by molar-refractivity contribution is -0.148. The number of hydrogen-bond donors (Lipinski definition) is 0. The molecule has 0 amide bonds. The molecule has 0 fully saturated rings. The molecule has 0 aliphatic heterocycles. The lowest BCUT2D eigenvalue weighted by atomic mass is 10.2. The number of aromatic nitrogens is 6. The van der Waals surface area contributed by atoms with Gasteiger partial charge in [-0.3, -0.25) is 19.3 Å². The van der Waals surface area contributed by atoms with Crippen LogP contribution in [0.5, 0.6) is 5.88 Å². The van der Waals surface area contributed by atoms with E-state index in [1.54, 1.807) is 0 Å². The fraction of sp³-hybridized carbons (Fsp3) is 0.357. The number of alkyl halides is 8. The molecule has 0 bridgehead atoms. The second-order valence-electron chi connectivity index (χ2n) is 9.90. The molecule has 22 heteroatoms. The van der Waals surface area contributed by atoms with Crippen LogP contribution in [0.1, 0.15) is 13.8 Å². The van der Waals surface area contributed by atoms with Crippen LogP contribution < -0.4 is 10.3 Å². The summed E-state index contributed by atoms with van der Waals surface area (Å²) in [6.45, 7) is -0.250. The molecule has 0 atom stereocenters. The molecule has 0 aliphatic carbocycles. The number of ether oxygens (including phenoxy) is 1.